The van der Waals surface area contributed by atoms with Crippen molar-refractivity contribution in [2.45, 2.75) is 25.8 Å². The third-order valence-electron chi connectivity index (χ3n) is 3.49. The first kappa shape index (κ1) is 15.4. The highest BCUT2D eigenvalue weighted by atomic mass is 16.5. The molecular weight excluding hydrogens is 260 g/mol. The molecular formula is C18H24N2O. The Bertz CT molecular complexity index is 581. The molecule has 1 atom stereocenters. The zero-order valence-electron chi connectivity index (χ0n) is 13.0. The molecule has 0 radical (unpaired) electrons. The van der Waals surface area contributed by atoms with Crippen LogP contribution < -0.4 is 15.4 Å². The van der Waals surface area contributed by atoms with Gasteiger partial charge in [-0.25, -0.2) is 0 Å². The molecule has 0 spiro atoms. The minimum absolute atomic E-state index is 0.206. The minimum Gasteiger partial charge on any atom is -0.457 e. The normalized spacial score (nSPS) is 12.0. The van der Waals surface area contributed by atoms with Gasteiger partial charge in [-0.15, -0.1) is 0 Å². The molecule has 3 nitrogen and oxygen atoms in total. The summed E-state index contributed by atoms with van der Waals surface area (Å²) < 4.78 is 5.96. The van der Waals surface area contributed by atoms with Gasteiger partial charge >= 0.3 is 0 Å². The summed E-state index contributed by atoms with van der Waals surface area (Å²) in [5.74, 6) is 1.70. The highest BCUT2D eigenvalue weighted by molar-refractivity contribution is 5.50. The van der Waals surface area contributed by atoms with Crippen molar-refractivity contribution in [1.82, 2.24) is 0 Å². The van der Waals surface area contributed by atoms with Crippen molar-refractivity contribution in [3.63, 3.8) is 0 Å². The average molecular weight is 284 g/mol. The van der Waals surface area contributed by atoms with E-state index in [1.807, 2.05) is 44.4 Å². The van der Waals surface area contributed by atoms with E-state index in [2.05, 4.69) is 30.0 Å². The molecule has 0 heterocycles. The lowest BCUT2D eigenvalue weighted by Gasteiger charge is -2.14. The fraction of sp³-hybridized carbons (Fsp3) is 0.333. The molecule has 2 aromatic rings. The van der Waals surface area contributed by atoms with E-state index in [0.29, 0.717) is 0 Å². The van der Waals surface area contributed by atoms with Crippen molar-refractivity contribution in [1.29, 1.82) is 0 Å². The van der Waals surface area contributed by atoms with Crippen LogP contribution in [0.1, 0.15) is 18.9 Å². The molecule has 0 bridgehead atoms. The molecule has 21 heavy (non-hydrogen) atoms. The summed E-state index contributed by atoms with van der Waals surface area (Å²) in [7, 11) is 4.04. The maximum Gasteiger partial charge on any atom is 0.129 e. The van der Waals surface area contributed by atoms with Crippen molar-refractivity contribution in [2.75, 3.05) is 19.0 Å². The van der Waals surface area contributed by atoms with Gasteiger partial charge in [0, 0.05) is 31.9 Å². The van der Waals surface area contributed by atoms with Gasteiger partial charge < -0.3 is 15.4 Å². The molecule has 3 heteroatoms. The molecule has 2 N–H and O–H groups in total. The predicted octanol–water partition coefficient (Wildman–Crippen LogP) is 3.82. The third-order valence-corrected chi connectivity index (χ3v) is 3.49. The molecule has 2 rings (SSSR count). The summed E-state index contributed by atoms with van der Waals surface area (Å²) in [5.41, 5.74) is 8.35. The van der Waals surface area contributed by atoms with Crippen molar-refractivity contribution in [2.24, 2.45) is 5.73 Å². The largest absolute Gasteiger partial charge is 0.457 e. The van der Waals surface area contributed by atoms with E-state index in [9.17, 15) is 0 Å². The van der Waals surface area contributed by atoms with Crippen LogP contribution in [0.15, 0.2) is 48.5 Å². The lowest BCUT2D eigenvalue weighted by atomic mass is 10.0. The lowest BCUT2D eigenvalue weighted by molar-refractivity contribution is 0.481. The predicted molar refractivity (Wildman–Crippen MR) is 89.3 cm³/mol. The second-order valence-corrected chi connectivity index (χ2v) is 5.51. The van der Waals surface area contributed by atoms with Crippen LogP contribution in [0.3, 0.4) is 0 Å². The Hall–Kier alpha value is -2.00. The van der Waals surface area contributed by atoms with Crippen LogP contribution in [0, 0.1) is 0 Å². The fourth-order valence-corrected chi connectivity index (χ4v) is 2.14. The van der Waals surface area contributed by atoms with Crippen LogP contribution in [0.2, 0.25) is 0 Å². The molecule has 0 saturated carbocycles. The summed E-state index contributed by atoms with van der Waals surface area (Å²) >= 11 is 0. The molecule has 112 valence electrons. The highest BCUT2D eigenvalue weighted by Crippen LogP contribution is 2.26. The molecule has 2 aromatic carbocycles. The van der Waals surface area contributed by atoms with Gasteiger partial charge in [0.1, 0.15) is 11.5 Å². The number of ether oxygens (including phenoxy) is 1. The Labute approximate surface area is 127 Å². The average Bonchev–Trinajstić information content (AvgIpc) is 2.47. The number of nitrogens with zero attached hydrogens (tertiary/aromatic N) is 1. The van der Waals surface area contributed by atoms with Gasteiger partial charge in [-0.1, -0.05) is 25.1 Å². The Morgan fingerprint density at radius 2 is 1.71 bits per heavy atom. The minimum atomic E-state index is 0.206. The summed E-state index contributed by atoms with van der Waals surface area (Å²) in [6, 6.07) is 16.4. The van der Waals surface area contributed by atoms with Gasteiger partial charge in [-0.05, 0) is 42.7 Å². The van der Waals surface area contributed by atoms with Crippen molar-refractivity contribution >= 4 is 5.69 Å². The van der Waals surface area contributed by atoms with E-state index in [1.165, 1.54) is 5.56 Å². The van der Waals surface area contributed by atoms with Crippen molar-refractivity contribution < 1.29 is 4.74 Å². The number of hydrogen-bond donors (Lipinski definition) is 1. The highest BCUT2D eigenvalue weighted by Gasteiger charge is 2.04. The number of rotatable bonds is 6. The summed E-state index contributed by atoms with van der Waals surface area (Å²) in [4.78, 5) is 2.06. The van der Waals surface area contributed by atoms with Crippen molar-refractivity contribution in [3.8, 4) is 11.5 Å². The monoisotopic (exact) mass is 284 g/mol. The van der Waals surface area contributed by atoms with Crippen LogP contribution in [0.5, 0.6) is 11.5 Å². The van der Waals surface area contributed by atoms with Crippen LogP contribution in [0.4, 0.5) is 5.69 Å². The molecule has 0 aliphatic heterocycles. The first-order chi connectivity index (χ1) is 10.1. The van der Waals surface area contributed by atoms with Gasteiger partial charge in [0.2, 0.25) is 0 Å². The zero-order chi connectivity index (χ0) is 15.2. The molecule has 0 amide bonds. The van der Waals surface area contributed by atoms with E-state index in [4.69, 9.17) is 10.5 Å². The van der Waals surface area contributed by atoms with Crippen LogP contribution >= 0.6 is 0 Å². The van der Waals surface area contributed by atoms with Crippen LogP contribution in [-0.4, -0.2) is 20.1 Å². The topological polar surface area (TPSA) is 38.5 Å². The Kier molecular flexibility index (Phi) is 5.23. The maximum absolute atomic E-state index is 6.01. The Morgan fingerprint density at radius 1 is 1.05 bits per heavy atom. The molecule has 0 aromatic heterocycles. The van der Waals surface area contributed by atoms with E-state index < -0.39 is 0 Å². The van der Waals surface area contributed by atoms with Crippen LogP contribution in [-0.2, 0) is 6.42 Å². The second-order valence-electron chi connectivity index (χ2n) is 5.51. The first-order valence-electron chi connectivity index (χ1n) is 7.38. The number of nitrogens with two attached hydrogens (primary N) is 1. The standard InChI is InChI=1S/C18H24N2O/c1-4-15(19)11-14-7-5-9-17(12-14)21-18-10-6-8-16(13-18)20(2)3/h5-10,12-13,15H,4,11,19H2,1-3H3. The van der Waals surface area contributed by atoms with E-state index in [1.54, 1.807) is 0 Å². The van der Waals surface area contributed by atoms with Gasteiger partial charge in [0.05, 0.1) is 0 Å². The summed E-state index contributed by atoms with van der Waals surface area (Å²) in [5, 5.41) is 0. The second kappa shape index (κ2) is 7.14. The smallest absolute Gasteiger partial charge is 0.129 e. The molecule has 0 aliphatic carbocycles. The van der Waals surface area contributed by atoms with Gasteiger partial charge in [0.15, 0.2) is 0 Å². The van der Waals surface area contributed by atoms with E-state index in [-0.39, 0.29) is 6.04 Å². The zero-order valence-corrected chi connectivity index (χ0v) is 13.0. The summed E-state index contributed by atoms with van der Waals surface area (Å²) in [6.45, 7) is 2.11. The SMILES string of the molecule is CCC(N)Cc1cccc(Oc2cccc(N(C)C)c2)c1. The number of anilines is 1. The summed E-state index contributed by atoms with van der Waals surface area (Å²) in [6.07, 6.45) is 1.86. The molecule has 0 saturated heterocycles. The van der Waals surface area contributed by atoms with Gasteiger partial charge in [0.25, 0.3) is 0 Å². The fourth-order valence-electron chi connectivity index (χ4n) is 2.14. The first-order valence-corrected chi connectivity index (χ1v) is 7.38. The third kappa shape index (κ3) is 4.50. The number of hydrogen-bond acceptors (Lipinski definition) is 3. The molecule has 1 unspecified atom stereocenters. The Balaban J connectivity index is 2.12. The lowest BCUT2D eigenvalue weighted by Crippen LogP contribution is -2.21. The van der Waals surface area contributed by atoms with E-state index >= 15 is 0 Å². The van der Waals surface area contributed by atoms with Gasteiger partial charge in [-0.3, -0.25) is 0 Å². The van der Waals surface area contributed by atoms with E-state index in [0.717, 1.165) is 30.0 Å². The van der Waals surface area contributed by atoms with Crippen molar-refractivity contribution in [3.05, 3.63) is 54.1 Å². The molecule has 0 fully saturated rings. The number of benzene rings is 2. The maximum atomic E-state index is 6.01. The van der Waals surface area contributed by atoms with Crippen LogP contribution in [0.25, 0.3) is 0 Å². The Morgan fingerprint density at radius 3 is 2.38 bits per heavy atom. The molecule has 0 aliphatic rings. The quantitative estimate of drug-likeness (QED) is 0.876. The van der Waals surface area contributed by atoms with Gasteiger partial charge in [-0.2, -0.15) is 0 Å².